The maximum Gasteiger partial charge on any atom is 0.225 e. The van der Waals surface area contributed by atoms with Crippen LogP contribution in [0.3, 0.4) is 0 Å². The molecule has 0 saturated heterocycles. The summed E-state index contributed by atoms with van der Waals surface area (Å²) in [6.45, 7) is 2.50. The van der Waals surface area contributed by atoms with Crippen molar-refractivity contribution in [3.05, 3.63) is 70.7 Å². The van der Waals surface area contributed by atoms with E-state index in [-0.39, 0.29) is 11.8 Å². The lowest BCUT2D eigenvalue weighted by Crippen LogP contribution is -2.23. The number of nitrogens with one attached hydrogen (secondary N) is 1. The van der Waals surface area contributed by atoms with Crippen LogP contribution in [0.15, 0.2) is 54.6 Å². The van der Waals surface area contributed by atoms with Crippen molar-refractivity contribution >= 4 is 34.0 Å². The van der Waals surface area contributed by atoms with E-state index in [0.29, 0.717) is 23.8 Å². The van der Waals surface area contributed by atoms with Gasteiger partial charge in [0.05, 0.1) is 17.3 Å². The molecular formula is C21H18ClNO2. The summed E-state index contributed by atoms with van der Waals surface area (Å²) in [6, 6.07) is 18.1. The van der Waals surface area contributed by atoms with Crippen LogP contribution < -0.4 is 10.1 Å². The van der Waals surface area contributed by atoms with Gasteiger partial charge < -0.3 is 10.1 Å². The van der Waals surface area contributed by atoms with Crippen molar-refractivity contribution in [2.24, 2.45) is 0 Å². The molecule has 4 heteroatoms. The van der Waals surface area contributed by atoms with Crippen molar-refractivity contribution in [1.82, 2.24) is 0 Å². The second-order valence-electron chi connectivity index (χ2n) is 6.18. The average molecular weight is 352 g/mol. The maximum atomic E-state index is 12.3. The van der Waals surface area contributed by atoms with Gasteiger partial charge in [-0.25, -0.2) is 0 Å². The van der Waals surface area contributed by atoms with Gasteiger partial charge in [-0.1, -0.05) is 54.1 Å². The lowest BCUT2D eigenvalue weighted by Gasteiger charge is -2.27. The van der Waals surface area contributed by atoms with Gasteiger partial charge >= 0.3 is 0 Å². The number of benzene rings is 3. The molecule has 4 rings (SSSR count). The van der Waals surface area contributed by atoms with Gasteiger partial charge in [-0.15, -0.1) is 0 Å². The summed E-state index contributed by atoms with van der Waals surface area (Å²) in [5.41, 5.74) is 3.06. The standard InChI is InChI=1S/C21H18ClNO2/c1-2-25-19-10-8-14(11-18(19)22)17-12-20(24)23-21-15-6-4-3-5-13(15)7-9-16(17)21/h3-11,17H,2,12H2,1H3,(H,23,24)/t17-/m0/s1. The minimum atomic E-state index is -0.0125. The van der Waals surface area contributed by atoms with Crippen LogP contribution in [-0.2, 0) is 4.79 Å². The van der Waals surface area contributed by atoms with Gasteiger partial charge in [0.1, 0.15) is 5.75 Å². The highest BCUT2D eigenvalue weighted by Crippen LogP contribution is 2.42. The summed E-state index contributed by atoms with van der Waals surface area (Å²) < 4.78 is 5.52. The normalized spacial score (nSPS) is 16.4. The van der Waals surface area contributed by atoms with Crippen LogP contribution in [0.4, 0.5) is 5.69 Å². The van der Waals surface area contributed by atoms with Crippen molar-refractivity contribution in [2.45, 2.75) is 19.3 Å². The molecule has 1 heterocycles. The Kier molecular flexibility index (Phi) is 4.10. The zero-order chi connectivity index (χ0) is 17.4. The lowest BCUT2D eigenvalue weighted by molar-refractivity contribution is -0.116. The number of halogens is 1. The first-order chi connectivity index (χ1) is 12.2. The molecule has 0 spiro atoms. The molecule has 0 aliphatic carbocycles. The molecule has 3 aromatic carbocycles. The van der Waals surface area contributed by atoms with E-state index in [1.165, 1.54) is 0 Å². The van der Waals surface area contributed by atoms with Gasteiger partial charge in [0.15, 0.2) is 0 Å². The molecule has 0 saturated carbocycles. The van der Waals surface area contributed by atoms with Gasteiger partial charge in [-0.3, -0.25) is 4.79 Å². The van der Waals surface area contributed by atoms with Gasteiger partial charge in [0, 0.05) is 17.7 Å². The zero-order valence-electron chi connectivity index (χ0n) is 13.9. The third kappa shape index (κ3) is 2.85. The fraction of sp³-hybridized carbons (Fsp3) is 0.190. The highest BCUT2D eigenvalue weighted by atomic mass is 35.5. The minimum Gasteiger partial charge on any atom is -0.492 e. The summed E-state index contributed by atoms with van der Waals surface area (Å²) in [7, 11) is 0. The smallest absolute Gasteiger partial charge is 0.225 e. The predicted octanol–water partition coefficient (Wildman–Crippen LogP) is 5.37. The van der Waals surface area contributed by atoms with Gasteiger partial charge in [-0.2, -0.15) is 0 Å². The second kappa shape index (κ2) is 6.41. The topological polar surface area (TPSA) is 38.3 Å². The first-order valence-electron chi connectivity index (χ1n) is 8.41. The van der Waals surface area contributed by atoms with E-state index in [1.54, 1.807) is 0 Å². The first-order valence-corrected chi connectivity index (χ1v) is 8.79. The number of carbonyl (C=O) groups is 1. The molecule has 25 heavy (non-hydrogen) atoms. The lowest BCUT2D eigenvalue weighted by atomic mass is 9.83. The van der Waals surface area contributed by atoms with E-state index in [0.717, 1.165) is 27.6 Å². The Morgan fingerprint density at radius 2 is 2.00 bits per heavy atom. The number of carbonyl (C=O) groups excluding carboxylic acids is 1. The van der Waals surface area contributed by atoms with Crippen molar-refractivity contribution in [3.8, 4) is 5.75 Å². The van der Waals surface area contributed by atoms with Gasteiger partial charge in [-0.05, 0) is 35.6 Å². The highest BCUT2D eigenvalue weighted by molar-refractivity contribution is 6.32. The van der Waals surface area contributed by atoms with Crippen LogP contribution in [0.25, 0.3) is 10.8 Å². The molecule has 1 amide bonds. The fourth-order valence-corrected chi connectivity index (χ4v) is 3.75. The summed E-state index contributed by atoms with van der Waals surface area (Å²) in [5, 5.41) is 5.81. The Balaban J connectivity index is 1.84. The summed E-state index contributed by atoms with van der Waals surface area (Å²) >= 11 is 6.36. The van der Waals surface area contributed by atoms with E-state index in [9.17, 15) is 4.79 Å². The molecule has 0 aromatic heterocycles. The number of ether oxygens (including phenoxy) is 1. The van der Waals surface area contributed by atoms with Crippen molar-refractivity contribution < 1.29 is 9.53 Å². The molecule has 126 valence electrons. The molecule has 3 aromatic rings. The van der Waals surface area contributed by atoms with Crippen LogP contribution in [0, 0.1) is 0 Å². The Labute approximate surface area is 151 Å². The molecule has 0 bridgehead atoms. The minimum absolute atomic E-state index is 0.0125. The Bertz CT molecular complexity index is 967. The molecule has 1 aliphatic heterocycles. The van der Waals surface area contributed by atoms with Crippen molar-refractivity contribution in [2.75, 3.05) is 11.9 Å². The first kappa shape index (κ1) is 16.0. The van der Waals surface area contributed by atoms with E-state index < -0.39 is 0 Å². The van der Waals surface area contributed by atoms with Gasteiger partial charge in [0.2, 0.25) is 5.91 Å². The Morgan fingerprint density at radius 1 is 1.16 bits per heavy atom. The summed E-state index contributed by atoms with van der Waals surface area (Å²) in [6.07, 6.45) is 0.412. The molecule has 0 radical (unpaired) electrons. The molecule has 0 unspecified atom stereocenters. The molecule has 1 atom stereocenters. The van der Waals surface area contributed by atoms with Gasteiger partial charge in [0.25, 0.3) is 0 Å². The van der Waals surface area contributed by atoms with E-state index in [2.05, 4.69) is 23.5 Å². The van der Waals surface area contributed by atoms with Crippen LogP contribution in [0.2, 0.25) is 5.02 Å². The average Bonchev–Trinajstić information content (AvgIpc) is 2.63. The molecule has 1 N–H and O–H groups in total. The van der Waals surface area contributed by atoms with E-state index in [4.69, 9.17) is 16.3 Å². The fourth-order valence-electron chi connectivity index (χ4n) is 3.51. The monoisotopic (exact) mass is 351 g/mol. The number of amides is 1. The number of fused-ring (bicyclic) bond motifs is 3. The van der Waals surface area contributed by atoms with Crippen LogP contribution >= 0.6 is 11.6 Å². The third-order valence-corrected chi connectivity index (χ3v) is 4.94. The third-order valence-electron chi connectivity index (χ3n) is 4.65. The van der Waals surface area contributed by atoms with Crippen molar-refractivity contribution in [1.29, 1.82) is 0 Å². The number of hydrogen-bond acceptors (Lipinski definition) is 2. The highest BCUT2D eigenvalue weighted by Gasteiger charge is 2.28. The van der Waals surface area contributed by atoms with Crippen molar-refractivity contribution in [3.63, 3.8) is 0 Å². The van der Waals surface area contributed by atoms with E-state index in [1.807, 2.05) is 43.3 Å². The predicted molar refractivity (Wildman–Crippen MR) is 102 cm³/mol. The van der Waals surface area contributed by atoms with E-state index >= 15 is 0 Å². The van der Waals surface area contributed by atoms with Crippen LogP contribution in [0.5, 0.6) is 5.75 Å². The molecular weight excluding hydrogens is 334 g/mol. The Morgan fingerprint density at radius 3 is 2.80 bits per heavy atom. The molecule has 3 nitrogen and oxygen atoms in total. The SMILES string of the molecule is CCOc1ccc([C@@H]2CC(=O)Nc3c2ccc2ccccc32)cc1Cl. The Hall–Kier alpha value is -2.52. The van der Waals surface area contributed by atoms with Crippen LogP contribution in [0.1, 0.15) is 30.4 Å². The van der Waals surface area contributed by atoms with Crippen LogP contribution in [-0.4, -0.2) is 12.5 Å². The summed E-state index contributed by atoms with van der Waals surface area (Å²) in [5.74, 6) is 0.687. The number of hydrogen-bond donors (Lipinski definition) is 1. The summed E-state index contributed by atoms with van der Waals surface area (Å²) in [4.78, 5) is 12.3. The maximum absolute atomic E-state index is 12.3. The zero-order valence-corrected chi connectivity index (χ0v) is 14.6. The number of rotatable bonds is 3. The quantitative estimate of drug-likeness (QED) is 0.689. The molecule has 0 fully saturated rings. The number of anilines is 1. The second-order valence-corrected chi connectivity index (χ2v) is 6.59. The largest absolute Gasteiger partial charge is 0.492 e. The molecule has 1 aliphatic rings.